The zero-order chi connectivity index (χ0) is 11.7. The Bertz CT molecular complexity index is 502. The molecule has 0 amide bonds. The molecule has 1 saturated carbocycles. The minimum atomic E-state index is 0.455. The van der Waals surface area contributed by atoms with Crippen LogP contribution in [0.2, 0.25) is 0 Å². The Morgan fingerprint density at radius 1 is 1.47 bits per heavy atom. The van der Waals surface area contributed by atoms with Crippen molar-refractivity contribution in [3.05, 3.63) is 36.2 Å². The van der Waals surface area contributed by atoms with E-state index in [1.807, 2.05) is 29.0 Å². The van der Waals surface area contributed by atoms with Gasteiger partial charge in [-0.2, -0.15) is 5.10 Å². The first kappa shape index (κ1) is 10.7. The molecular formula is C13H17N3O. The van der Waals surface area contributed by atoms with E-state index in [0.29, 0.717) is 12.1 Å². The summed E-state index contributed by atoms with van der Waals surface area (Å²) in [5.41, 5.74) is 2.44. The highest BCUT2D eigenvalue weighted by Gasteiger charge is 2.28. The number of nitrogens with zero attached hydrogens (tertiary/aromatic N) is 2. The van der Waals surface area contributed by atoms with E-state index in [1.54, 1.807) is 7.11 Å². The van der Waals surface area contributed by atoms with Crippen molar-refractivity contribution in [3.63, 3.8) is 0 Å². The molecule has 1 aliphatic carbocycles. The summed E-state index contributed by atoms with van der Waals surface area (Å²) in [6.45, 7) is 0.884. The monoisotopic (exact) mass is 231 g/mol. The molecule has 17 heavy (non-hydrogen) atoms. The van der Waals surface area contributed by atoms with E-state index in [2.05, 4.69) is 16.5 Å². The third-order valence-electron chi connectivity index (χ3n) is 3.52. The molecule has 1 N–H and O–H groups in total. The molecule has 0 aliphatic heterocycles. The molecule has 4 heteroatoms. The van der Waals surface area contributed by atoms with Crippen molar-refractivity contribution in [1.82, 2.24) is 14.9 Å². The predicted octanol–water partition coefficient (Wildman–Crippen LogP) is 1.60. The van der Waals surface area contributed by atoms with Crippen LogP contribution < -0.4 is 5.32 Å². The summed E-state index contributed by atoms with van der Waals surface area (Å²) in [6, 6.07) is 6.73. The molecule has 2 aromatic rings. The van der Waals surface area contributed by atoms with Crippen LogP contribution in [-0.4, -0.2) is 28.9 Å². The first-order valence-electron chi connectivity index (χ1n) is 6.04. The number of hydrogen-bond donors (Lipinski definition) is 1. The molecule has 1 fully saturated rings. The molecule has 0 atom stereocenters. The van der Waals surface area contributed by atoms with E-state index < -0.39 is 0 Å². The second-order valence-corrected chi connectivity index (χ2v) is 4.61. The van der Waals surface area contributed by atoms with Crippen molar-refractivity contribution in [2.45, 2.75) is 31.5 Å². The van der Waals surface area contributed by atoms with Crippen LogP contribution in [-0.2, 0) is 11.3 Å². The molecular weight excluding hydrogens is 214 g/mol. The Balaban J connectivity index is 1.62. The van der Waals surface area contributed by atoms with Gasteiger partial charge in [-0.05, 0) is 25.0 Å². The van der Waals surface area contributed by atoms with Crippen molar-refractivity contribution < 1.29 is 4.74 Å². The van der Waals surface area contributed by atoms with Gasteiger partial charge in [-0.3, -0.25) is 0 Å². The number of ether oxygens (including phenoxy) is 1. The van der Waals surface area contributed by atoms with Crippen LogP contribution in [0.1, 0.15) is 18.4 Å². The van der Waals surface area contributed by atoms with Crippen molar-refractivity contribution in [1.29, 1.82) is 0 Å². The highest BCUT2D eigenvalue weighted by Crippen LogP contribution is 2.23. The van der Waals surface area contributed by atoms with Crippen LogP contribution in [0, 0.1) is 0 Å². The number of rotatable bonds is 4. The maximum absolute atomic E-state index is 5.27. The maximum Gasteiger partial charge on any atom is 0.0706 e. The number of pyridine rings is 1. The summed E-state index contributed by atoms with van der Waals surface area (Å²) >= 11 is 0. The topological polar surface area (TPSA) is 38.6 Å². The summed E-state index contributed by atoms with van der Waals surface area (Å²) in [5.74, 6) is 0. The lowest BCUT2D eigenvalue weighted by Gasteiger charge is -2.34. The zero-order valence-electron chi connectivity index (χ0n) is 9.97. The molecule has 0 radical (unpaired) electrons. The van der Waals surface area contributed by atoms with E-state index in [9.17, 15) is 0 Å². The van der Waals surface area contributed by atoms with Gasteiger partial charge < -0.3 is 10.1 Å². The molecule has 90 valence electrons. The average molecular weight is 231 g/mol. The maximum atomic E-state index is 5.27. The van der Waals surface area contributed by atoms with Crippen molar-refractivity contribution in [3.8, 4) is 0 Å². The zero-order valence-corrected chi connectivity index (χ0v) is 9.97. The first-order chi connectivity index (χ1) is 8.36. The molecule has 4 nitrogen and oxygen atoms in total. The second kappa shape index (κ2) is 4.47. The van der Waals surface area contributed by atoms with Gasteiger partial charge in [0.1, 0.15) is 0 Å². The Kier molecular flexibility index (Phi) is 2.82. The standard InChI is InChI=1S/C13H17N3O/c1-17-12-6-11(7-12)14-8-10-9-15-16-5-3-2-4-13(10)16/h2-5,9,11-12,14H,6-8H2,1H3. The van der Waals surface area contributed by atoms with Crippen LogP contribution in [0.3, 0.4) is 0 Å². The molecule has 0 spiro atoms. The highest BCUT2D eigenvalue weighted by molar-refractivity contribution is 5.53. The van der Waals surface area contributed by atoms with Crippen LogP contribution in [0.15, 0.2) is 30.6 Å². The summed E-state index contributed by atoms with van der Waals surface area (Å²) in [5, 5.41) is 7.87. The molecule has 0 saturated heterocycles. The largest absolute Gasteiger partial charge is 0.381 e. The van der Waals surface area contributed by atoms with E-state index in [4.69, 9.17) is 4.74 Å². The van der Waals surface area contributed by atoms with E-state index in [-0.39, 0.29) is 0 Å². The summed E-state index contributed by atoms with van der Waals surface area (Å²) in [6.07, 6.45) is 6.61. The predicted molar refractivity (Wildman–Crippen MR) is 65.9 cm³/mol. The van der Waals surface area contributed by atoms with Gasteiger partial charge in [0.2, 0.25) is 0 Å². The fraction of sp³-hybridized carbons (Fsp3) is 0.462. The van der Waals surface area contributed by atoms with Gasteiger partial charge >= 0.3 is 0 Å². The highest BCUT2D eigenvalue weighted by atomic mass is 16.5. The summed E-state index contributed by atoms with van der Waals surface area (Å²) in [7, 11) is 1.78. The minimum absolute atomic E-state index is 0.455. The van der Waals surface area contributed by atoms with Gasteiger partial charge in [-0.15, -0.1) is 0 Å². The fourth-order valence-corrected chi connectivity index (χ4v) is 2.30. The van der Waals surface area contributed by atoms with Crippen molar-refractivity contribution in [2.24, 2.45) is 0 Å². The summed E-state index contributed by atoms with van der Waals surface area (Å²) < 4.78 is 7.18. The van der Waals surface area contributed by atoms with E-state index in [0.717, 1.165) is 19.4 Å². The average Bonchev–Trinajstić information content (AvgIpc) is 2.71. The molecule has 0 aromatic carbocycles. The number of nitrogens with one attached hydrogen (secondary N) is 1. The van der Waals surface area contributed by atoms with Crippen LogP contribution in [0.5, 0.6) is 0 Å². The molecule has 0 bridgehead atoms. The lowest BCUT2D eigenvalue weighted by molar-refractivity contribution is 0.0170. The lowest BCUT2D eigenvalue weighted by atomic mass is 9.89. The van der Waals surface area contributed by atoms with E-state index >= 15 is 0 Å². The smallest absolute Gasteiger partial charge is 0.0706 e. The Morgan fingerprint density at radius 3 is 3.18 bits per heavy atom. The van der Waals surface area contributed by atoms with Gasteiger partial charge in [0.15, 0.2) is 0 Å². The number of aromatic nitrogens is 2. The van der Waals surface area contributed by atoms with Crippen LogP contribution >= 0.6 is 0 Å². The Labute approximate surface area is 101 Å². The third-order valence-corrected chi connectivity index (χ3v) is 3.52. The fourth-order valence-electron chi connectivity index (χ4n) is 2.30. The molecule has 2 heterocycles. The molecule has 3 rings (SSSR count). The lowest BCUT2D eigenvalue weighted by Crippen LogP contribution is -2.44. The number of methoxy groups -OCH3 is 1. The van der Waals surface area contributed by atoms with Gasteiger partial charge in [0.05, 0.1) is 17.8 Å². The Hall–Kier alpha value is -1.39. The van der Waals surface area contributed by atoms with Gasteiger partial charge in [0.25, 0.3) is 0 Å². The SMILES string of the molecule is COC1CC(NCc2cnn3ccccc23)C1. The normalized spacial score (nSPS) is 23.8. The molecule has 0 unspecified atom stereocenters. The third kappa shape index (κ3) is 2.06. The summed E-state index contributed by atoms with van der Waals surface area (Å²) in [4.78, 5) is 0. The van der Waals surface area contributed by atoms with Gasteiger partial charge in [-0.25, -0.2) is 4.52 Å². The minimum Gasteiger partial charge on any atom is -0.381 e. The molecule has 1 aliphatic rings. The first-order valence-corrected chi connectivity index (χ1v) is 6.04. The Morgan fingerprint density at radius 2 is 2.35 bits per heavy atom. The van der Waals surface area contributed by atoms with Gasteiger partial charge in [-0.1, -0.05) is 6.07 Å². The quantitative estimate of drug-likeness (QED) is 0.868. The van der Waals surface area contributed by atoms with Crippen LogP contribution in [0.4, 0.5) is 0 Å². The second-order valence-electron chi connectivity index (χ2n) is 4.61. The number of hydrogen-bond acceptors (Lipinski definition) is 3. The number of fused-ring (bicyclic) bond motifs is 1. The van der Waals surface area contributed by atoms with Crippen LogP contribution in [0.25, 0.3) is 5.52 Å². The van der Waals surface area contributed by atoms with E-state index in [1.165, 1.54) is 11.1 Å². The molecule has 2 aromatic heterocycles. The van der Waals surface area contributed by atoms with Gasteiger partial charge in [0, 0.05) is 31.5 Å². The van der Waals surface area contributed by atoms with Crippen molar-refractivity contribution in [2.75, 3.05) is 7.11 Å². The van der Waals surface area contributed by atoms with Crippen molar-refractivity contribution >= 4 is 5.52 Å².